The molecule has 2 N–H and O–H groups in total. The first-order valence-electron chi connectivity index (χ1n) is 7.29. The lowest BCUT2D eigenvalue weighted by Gasteiger charge is -2.01. The molecule has 120 valence electrons. The maximum Gasteiger partial charge on any atom is 0.312 e. The van der Waals surface area contributed by atoms with Crippen LogP contribution in [0.2, 0.25) is 0 Å². The Morgan fingerprint density at radius 1 is 1.17 bits per heavy atom. The van der Waals surface area contributed by atoms with Gasteiger partial charge >= 0.3 is 5.95 Å². The fourth-order valence-corrected chi connectivity index (χ4v) is 2.08. The van der Waals surface area contributed by atoms with Gasteiger partial charge in [0.1, 0.15) is 0 Å². The van der Waals surface area contributed by atoms with Crippen molar-refractivity contribution in [1.29, 1.82) is 0 Å². The number of rotatable bonds is 4. The van der Waals surface area contributed by atoms with Gasteiger partial charge < -0.3 is 14.8 Å². The number of carbonyl (C=O) groups excluding carboxylic acids is 1. The number of aliphatic imine (C=N–C) groups is 1. The van der Waals surface area contributed by atoms with Crippen molar-refractivity contribution in [3.63, 3.8) is 0 Å². The van der Waals surface area contributed by atoms with Crippen molar-refractivity contribution in [2.24, 2.45) is 4.99 Å². The molecule has 0 spiro atoms. The normalized spacial score (nSPS) is 10.9. The Morgan fingerprint density at radius 3 is 2.54 bits per heavy atom. The minimum atomic E-state index is -0.285. The highest BCUT2D eigenvalue weighted by Crippen LogP contribution is 2.25. The minimum absolute atomic E-state index is 0.132. The van der Waals surface area contributed by atoms with Gasteiger partial charge in [-0.15, -0.1) is 0 Å². The van der Waals surface area contributed by atoms with Crippen LogP contribution in [0.4, 0.5) is 11.4 Å². The topological polar surface area (TPSA) is 87.7 Å². The van der Waals surface area contributed by atoms with E-state index >= 15 is 0 Å². The Hall–Kier alpha value is -3.41. The van der Waals surface area contributed by atoms with Crippen LogP contribution in [0.1, 0.15) is 12.6 Å². The first kappa shape index (κ1) is 15.5. The number of nitrogens with one attached hydrogen (secondary N) is 1. The van der Waals surface area contributed by atoms with E-state index in [1.165, 1.54) is 13.1 Å². The summed E-state index contributed by atoms with van der Waals surface area (Å²) < 4.78 is 5.26. The third-order valence-corrected chi connectivity index (χ3v) is 3.18. The average Bonchev–Trinajstić information content (AvgIpc) is 2.95. The number of hydrogen-bond acceptors (Lipinski definition) is 5. The highest BCUT2D eigenvalue weighted by molar-refractivity contribution is 5.89. The standard InChI is InChI=1S/C18H15N3O3/c1-12(22)20-15-9-7-14(8-10-15)19-11-16-18(23)24-17(21-16)13-5-3-2-4-6-13/h2-11,23H,1H3,(H,20,22). The van der Waals surface area contributed by atoms with E-state index in [4.69, 9.17) is 4.42 Å². The Bertz CT molecular complexity index is 868. The number of amides is 1. The minimum Gasteiger partial charge on any atom is -0.479 e. The molecule has 1 aromatic heterocycles. The Morgan fingerprint density at radius 2 is 1.88 bits per heavy atom. The molecule has 3 aromatic rings. The summed E-state index contributed by atoms with van der Waals surface area (Å²) in [6.07, 6.45) is 1.43. The molecule has 2 aromatic carbocycles. The third kappa shape index (κ3) is 3.67. The van der Waals surface area contributed by atoms with E-state index in [-0.39, 0.29) is 17.5 Å². The molecular weight excluding hydrogens is 306 g/mol. The van der Waals surface area contributed by atoms with Crippen LogP contribution in [-0.4, -0.2) is 22.2 Å². The fraction of sp³-hybridized carbons (Fsp3) is 0.0556. The predicted octanol–water partition coefficient (Wildman–Crippen LogP) is 3.76. The van der Waals surface area contributed by atoms with E-state index in [0.717, 1.165) is 5.56 Å². The lowest BCUT2D eigenvalue weighted by molar-refractivity contribution is -0.114. The SMILES string of the molecule is CC(=O)Nc1ccc(N=Cc2nc(-c3ccccc3)oc2O)cc1. The number of aromatic nitrogens is 1. The van der Waals surface area contributed by atoms with Crippen LogP contribution in [0.3, 0.4) is 0 Å². The molecule has 0 aliphatic rings. The first-order chi connectivity index (χ1) is 11.6. The van der Waals surface area contributed by atoms with Crippen molar-refractivity contribution in [2.75, 3.05) is 5.32 Å². The summed E-state index contributed by atoms with van der Waals surface area (Å²) in [6, 6.07) is 16.3. The van der Waals surface area contributed by atoms with Gasteiger partial charge in [-0.05, 0) is 36.4 Å². The van der Waals surface area contributed by atoms with E-state index in [9.17, 15) is 9.90 Å². The third-order valence-electron chi connectivity index (χ3n) is 3.18. The van der Waals surface area contributed by atoms with Crippen molar-refractivity contribution in [3.8, 4) is 17.4 Å². The molecule has 0 saturated carbocycles. The molecule has 0 atom stereocenters. The van der Waals surface area contributed by atoms with Crippen LogP contribution in [0.5, 0.6) is 5.95 Å². The highest BCUT2D eigenvalue weighted by Gasteiger charge is 2.11. The Kier molecular flexibility index (Phi) is 4.38. The lowest BCUT2D eigenvalue weighted by Crippen LogP contribution is -2.04. The second kappa shape index (κ2) is 6.78. The number of hydrogen-bond donors (Lipinski definition) is 2. The quantitative estimate of drug-likeness (QED) is 0.716. The molecule has 1 amide bonds. The van der Waals surface area contributed by atoms with Crippen LogP contribution >= 0.6 is 0 Å². The van der Waals surface area contributed by atoms with Gasteiger partial charge in [0.25, 0.3) is 0 Å². The van der Waals surface area contributed by atoms with Crippen molar-refractivity contribution in [1.82, 2.24) is 4.98 Å². The number of benzene rings is 2. The van der Waals surface area contributed by atoms with E-state index in [0.29, 0.717) is 17.3 Å². The molecule has 6 nitrogen and oxygen atoms in total. The lowest BCUT2D eigenvalue weighted by atomic mass is 10.2. The van der Waals surface area contributed by atoms with Crippen molar-refractivity contribution < 1.29 is 14.3 Å². The number of aromatic hydroxyl groups is 1. The van der Waals surface area contributed by atoms with Gasteiger partial charge in [0, 0.05) is 18.2 Å². The molecule has 0 radical (unpaired) electrons. The molecule has 0 saturated heterocycles. The van der Waals surface area contributed by atoms with Crippen LogP contribution in [0.25, 0.3) is 11.5 Å². The zero-order valence-electron chi connectivity index (χ0n) is 12.9. The smallest absolute Gasteiger partial charge is 0.312 e. The van der Waals surface area contributed by atoms with Gasteiger partial charge in [-0.2, -0.15) is 0 Å². The number of anilines is 1. The molecule has 1 heterocycles. The second-order valence-electron chi connectivity index (χ2n) is 5.06. The molecular formula is C18H15N3O3. The summed E-state index contributed by atoms with van der Waals surface area (Å²) in [5.74, 6) is -0.0877. The molecule has 0 unspecified atom stereocenters. The average molecular weight is 321 g/mol. The Balaban J connectivity index is 1.77. The molecule has 6 heteroatoms. The fourth-order valence-electron chi connectivity index (χ4n) is 2.08. The zero-order chi connectivity index (χ0) is 16.9. The number of nitrogens with zero attached hydrogens (tertiary/aromatic N) is 2. The van der Waals surface area contributed by atoms with Crippen LogP contribution in [-0.2, 0) is 4.79 Å². The van der Waals surface area contributed by atoms with E-state index in [1.54, 1.807) is 24.3 Å². The number of carbonyl (C=O) groups is 1. The van der Waals surface area contributed by atoms with E-state index < -0.39 is 0 Å². The summed E-state index contributed by atoms with van der Waals surface area (Å²) in [4.78, 5) is 19.5. The predicted molar refractivity (Wildman–Crippen MR) is 91.6 cm³/mol. The maximum atomic E-state index is 11.0. The van der Waals surface area contributed by atoms with Gasteiger partial charge in [-0.3, -0.25) is 9.79 Å². The number of oxazole rings is 1. The van der Waals surface area contributed by atoms with Gasteiger partial charge in [-0.1, -0.05) is 18.2 Å². The van der Waals surface area contributed by atoms with Crippen molar-refractivity contribution in [2.45, 2.75) is 6.92 Å². The molecule has 0 aliphatic heterocycles. The molecule has 0 aliphatic carbocycles. The molecule has 0 fully saturated rings. The molecule has 24 heavy (non-hydrogen) atoms. The summed E-state index contributed by atoms with van der Waals surface area (Å²) >= 11 is 0. The van der Waals surface area contributed by atoms with E-state index in [2.05, 4.69) is 15.3 Å². The van der Waals surface area contributed by atoms with Crippen LogP contribution in [0.15, 0.2) is 64.0 Å². The summed E-state index contributed by atoms with van der Waals surface area (Å²) in [5.41, 5.74) is 2.37. The zero-order valence-corrected chi connectivity index (χ0v) is 12.9. The molecule has 3 rings (SSSR count). The van der Waals surface area contributed by atoms with Gasteiger partial charge in [0.2, 0.25) is 11.8 Å². The van der Waals surface area contributed by atoms with Crippen molar-refractivity contribution >= 4 is 23.5 Å². The summed E-state index contributed by atoms with van der Waals surface area (Å²) in [5, 5.41) is 12.5. The van der Waals surface area contributed by atoms with Gasteiger partial charge in [0.05, 0.1) is 11.9 Å². The monoisotopic (exact) mass is 321 g/mol. The maximum absolute atomic E-state index is 11.0. The largest absolute Gasteiger partial charge is 0.479 e. The van der Waals surface area contributed by atoms with Crippen LogP contribution < -0.4 is 5.32 Å². The van der Waals surface area contributed by atoms with E-state index in [1.807, 2.05) is 30.3 Å². The molecule has 0 bridgehead atoms. The van der Waals surface area contributed by atoms with Gasteiger partial charge in [0.15, 0.2) is 5.69 Å². The van der Waals surface area contributed by atoms with Crippen molar-refractivity contribution in [3.05, 3.63) is 60.3 Å². The summed E-state index contributed by atoms with van der Waals surface area (Å²) in [6.45, 7) is 1.45. The summed E-state index contributed by atoms with van der Waals surface area (Å²) in [7, 11) is 0. The van der Waals surface area contributed by atoms with Crippen LogP contribution in [0, 0.1) is 0 Å². The first-order valence-corrected chi connectivity index (χ1v) is 7.29. The second-order valence-corrected chi connectivity index (χ2v) is 5.06. The van der Waals surface area contributed by atoms with Gasteiger partial charge in [-0.25, -0.2) is 4.98 Å². The Labute approximate surface area is 138 Å². The highest BCUT2D eigenvalue weighted by atomic mass is 16.5.